The number of carbonyl (C=O) groups is 1. The summed E-state index contributed by atoms with van der Waals surface area (Å²) in [6.07, 6.45) is 14.9. The summed E-state index contributed by atoms with van der Waals surface area (Å²) in [6.45, 7) is 18.7. The van der Waals surface area contributed by atoms with Crippen LogP contribution in [0.25, 0.3) is 0 Å². The van der Waals surface area contributed by atoms with Crippen LogP contribution in [0.15, 0.2) is 75.2 Å². The number of amides is 2. The van der Waals surface area contributed by atoms with Crippen molar-refractivity contribution in [1.82, 2.24) is 20.4 Å². The lowest BCUT2D eigenvalue weighted by Crippen LogP contribution is -2.35. The number of carbonyl (C=O) groups excluding carboxylic acids is 1. The summed E-state index contributed by atoms with van der Waals surface area (Å²) in [5, 5.41) is 5.53. The van der Waals surface area contributed by atoms with Crippen LogP contribution in [0, 0.1) is 0 Å². The van der Waals surface area contributed by atoms with E-state index in [9.17, 15) is 4.79 Å². The molecule has 0 aromatic carbocycles. The van der Waals surface area contributed by atoms with Gasteiger partial charge in [-0.1, -0.05) is 24.3 Å². The standard InChI is InChI=1S/C19H30N4O/c1-5-13-22(14-6-2)17-9-11-20-19(24)21-12-10-18-23(15-7-3)16-8-4/h5-10,17-18H,1-4,11-16H2,(H2,20,21,24). The van der Waals surface area contributed by atoms with Crippen LogP contribution in [0.4, 0.5) is 4.79 Å². The van der Waals surface area contributed by atoms with Gasteiger partial charge in [0.2, 0.25) is 0 Å². The molecule has 0 saturated carbocycles. The molecule has 0 saturated heterocycles. The Labute approximate surface area is 146 Å². The van der Waals surface area contributed by atoms with Gasteiger partial charge in [-0.25, -0.2) is 4.79 Å². The first-order chi connectivity index (χ1) is 11.7. The molecule has 0 rings (SSSR count). The maximum absolute atomic E-state index is 11.7. The summed E-state index contributed by atoms with van der Waals surface area (Å²) in [7, 11) is 0. The predicted octanol–water partition coefficient (Wildman–Crippen LogP) is 2.66. The maximum Gasteiger partial charge on any atom is 0.315 e. The molecule has 0 aliphatic heterocycles. The molecule has 0 aliphatic carbocycles. The lowest BCUT2D eigenvalue weighted by Gasteiger charge is -2.16. The summed E-state index contributed by atoms with van der Waals surface area (Å²) in [4.78, 5) is 15.7. The number of urea groups is 1. The molecule has 0 aromatic heterocycles. The van der Waals surface area contributed by atoms with E-state index in [0.717, 1.165) is 26.2 Å². The summed E-state index contributed by atoms with van der Waals surface area (Å²) < 4.78 is 0. The van der Waals surface area contributed by atoms with Crippen LogP contribution in [0.3, 0.4) is 0 Å². The second-order valence-corrected chi connectivity index (χ2v) is 4.92. The summed E-state index contributed by atoms with van der Waals surface area (Å²) >= 11 is 0. The Morgan fingerprint density at radius 1 is 0.708 bits per heavy atom. The molecular formula is C19H30N4O. The lowest BCUT2D eigenvalue weighted by molar-refractivity contribution is 0.243. The molecule has 5 nitrogen and oxygen atoms in total. The van der Waals surface area contributed by atoms with E-state index in [1.807, 2.05) is 58.7 Å². The number of rotatable bonds is 14. The Morgan fingerprint density at radius 2 is 1.04 bits per heavy atom. The zero-order chi connectivity index (χ0) is 18.0. The minimum absolute atomic E-state index is 0.206. The van der Waals surface area contributed by atoms with Gasteiger partial charge < -0.3 is 20.4 Å². The van der Waals surface area contributed by atoms with Crippen LogP contribution in [0.1, 0.15) is 0 Å². The first kappa shape index (κ1) is 21.3. The summed E-state index contributed by atoms with van der Waals surface area (Å²) in [5.74, 6) is 0. The topological polar surface area (TPSA) is 47.6 Å². The van der Waals surface area contributed by atoms with Crippen LogP contribution >= 0.6 is 0 Å². The highest BCUT2D eigenvalue weighted by Gasteiger charge is 1.96. The normalized spacial score (nSPS) is 10.3. The Morgan fingerprint density at radius 3 is 1.33 bits per heavy atom. The monoisotopic (exact) mass is 330 g/mol. The molecule has 0 unspecified atom stereocenters. The van der Waals surface area contributed by atoms with Gasteiger partial charge in [-0.2, -0.15) is 0 Å². The first-order valence-corrected chi connectivity index (χ1v) is 7.94. The van der Waals surface area contributed by atoms with Crippen LogP contribution < -0.4 is 10.6 Å². The predicted molar refractivity (Wildman–Crippen MR) is 104 cm³/mol. The highest BCUT2D eigenvalue weighted by Crippen LogP contribution is 1.91. The number of nitrogens with zero attached hydrogens (tertiary/aromatic N) is 2. The van der Waals surface area contributed by atoms with Gasteiger partial charge in [0.15, 0.2) is 0 Å². The molecule has 0 fully saturated rings. The fourth-order valence-corrected chi connectivity index (χ4v) is 1.83. The summed E-state index contributed by atoms with van der Waals surface area (Å²) in [5.41, 5.74) is 0. The Hall–Kier alpha value is -2.69. The van der Waals surface area contributed by atoms with Gasteiger partial charge in [0, 0.05) is 39.3 Å². The van der Waals surface area contributed by atoms with Gasteiger partial charge in [0.25, 0.3) is 0 Å². The van der Waals surface area contributed by atoms with E-state index in [1.165, 1.54) is 0 Å². The second kappa shape index (κ2) is 15.2. The number of nitrogens with one attached hydrogen (secondary N) is 2. The van der Waals surface area contributed by atoms with E-state index in [1.54, 1.807) is 0 Å². The van der Waals surface area contributed by atoms with Gasteiger partial charge in [0.05, 0.1) is 0 Å². The van der Waals surface area contributed by atoms with Crippen LogP contribution in [-0.2, 0) is 0 Å². The average molecular weight is 330 g/mol. The quantitative estimate of drug-likeness (QED) is 0.481. The van der Waals surface area contributed by atoms with Crippen LogP contribution in [-0.4, -0.2) is 55.1 Å². The van der Waals surface area contributed by atoms with E-state index in [-0.39, 0.29) is 6.03 Å². The molecule has 0 aromatic rings. The Kier molecular flexibility index (Phi) is 13.5. The average Bonchev–Trinajstić information content (AvgIpc) is 2.56. The third-order valence-corrected chi connectivity index (χ3v) is 2.85. The highest BCUT2D eigenvalue weighted by atomic mass is 16.2. The molecule has 2 N–H and O–H groups in total. The maximum atomic E-state index is 11.7. The van der Waals surface area contributed by atoms with Crippen molar-refractivity contribution in [2.24, 2.45) is 0 Å². The number of hydrogen-bond acceptors (Lipinski definition) is 3. The lowest BCUT2D eigenvalue weighted by atomic mass is 10.4. The molecular weight excluding hydrogens is 300 g/mol. The zero-order valence-electron chi connectivity index (χ0n) is 14.5. The van der Waals surface area contributed by atoms with Crippen molar-refractivity contribution in [3.05, 3.63) is 75.2 Å². The van der Waals surface area contributed by atoms with Crippen molar-refractivity contribution in [3.63, 3.8) is 0 Å². The van der Waals surface area contributed by atoms with Crippen LogP contribution in [0.5, 0.6) is 0 Å². The minimum atomic E-state index is -0.206. The van der Waals surface area contributed by atoms with E-state index in [2.05, 4.69) is 36.9 Å². The highest BCUT2D eigenvalue weighted by molar-refractivity contribution is 5.74. The van der Waals surface area contributed by atoms with Gasteiger partial charge in [-0.05, 0) is 24.6 Å². The van der Waals surface area contributed by atoms with E-state index < -0.39 is 0 Å². The van der Waals surface area contributed by atoms with E-state index in [0.29, 0.717) is 13.1 Å². The molecule has 2 amide bonds. The minimum Gasteiger partial charge on any atom is -0.370 e. The van der Waals surface area contributed by atoms with Crippen molar-refractivity contribution < 1.29 is 4.79 Å². The number of hydrogen-bond donors (Lipinski definition) is 2. The molecule has 24 heavy (non-hydrogen) atoms. The smallest absolute Gasteiger partial charge is 0.315 e. The molecule has 0 bridgehead atoms. The van der Waals surface area contributed by atoms with Crippen molar-refractivity contribution >= 4 is 6.03 Å². The molecule has 0 spiro atoms. The third kappa shape index (κ3) is 11.9. The molecule has 132 valence electrons. The van der Waals surface area contributed by atoms with Gasteiger partial charge in [-0.3, -0.25) is 0 Å². The van der Waals surface area contributed by atoms with Gasteiger partial charge >= 0.3 is 6.03 Å². The van der Waals surface area contributed by atoms with Crippen molar-refractivity contribution in [2.75, 3.05) is 39.3 Å². The van der Waals surface area contributed by atoms with E-state index >= 15 is 0 Å². The first-order valence-electron chi connectivity index (χ1n) is 7.94. The van der Waals surface area contributed by atoms with Crippen molar-refractivity contribution in [2.45, 2.75) is 0 Å². The van der Waals surface area contributed by atoms with Crippen LogP contribution in [0.2, 0.25) is 0 Å². The fraction of sp³-hybridized carbons (Fsp3) is 0.316. The molecule has 0 atom stereocenters. The Balaban J connectivity index is 4.00. The van der Waals surface area contributed by atoms with Crippen molar-refractivity contribution in [3.8, 4) is 0 Å². The SMILES string of the molecule is C=CCN(C=CCNC(=O)NCC=CN(CC=C)CC=C)CC=C. The largest absolute Gasteiger partial charge is 0.370 e. The second-order valence-electron chi connectivity index (χ2n) is 4.92. The Bertz CT molecular complexity index is 394. The molecule has 0 heterocycles. The van der Waals surface area contributed by atoms with Gasteiger partial charge in [0.1, 0.15) is 0 Å². The summed E-state index contributed by atoms with van der Waals surface area (Å²) in [6, 6.07) is -0.206. The molecule has 5 heteroatoms. The molecule has 0 radical (unpaired) electrons. The van der Waals surface area contributed by atoms with E-state index in [4.69, 9.17) is 0 Å². The molecule has 0 aliphatic rings. The van der Waals surface area contributed by atoms with Crippen molar-refractivity contribution in [1.29, 1.82) is 0 Å². The zero-order valence-corrected chi connectivity index (χ0v) is 14.5. The third-order valence-electron chi connectivity index (χ3n) is 2.85. The fourth-order valence-electron chi connectivity index (χ4n) is 1.83. The van der Waals surface area contributed by atoms with Gasteiger partial charge in [-0.15, -0.1) is 26.3 Å².